The molecule has 0 bridgehead atoms. The van der Waals surface area contributed by atoms with Crippen LogP contribution in [0.1, 0.15) is 122 Å². The van der Waals surface area contributed by atoms with Crippen LogP contribution < -0.4 is 0 Å². The maximum Gasteiger partial charge on any atom is 0.157 e. The van der Waals surface area contributed by atoms with Crippen LogP contribution in [0.4, 0.5) is 0 Å². The summed E-state index contributed by atoms with van der Waals surface area (Å²) in [6.45, 7) is 1.79. The Bertz CT molecular complexity index is 282. The summed E-state index contributed by atoms with van der Waals surface area (Å²) in [6.07, 6.45) is 26.9. The summed E-state index contributed by atoms with van der Waals surface area (Å²) in [5.41, 5.74) is 0. The predicted molar refractivity (Wildman–Crippen MR) is 107 cm³/mol. The Kier molecular flexibility index (Phi) is 12.8. The van der Waals surface area contributed by atoms with E-state index in [2.05, 4.69) is 0 Å². The molecule has 1 aliphatic heterocycles. The molecule has 1 saturated carbocycles. The molecule has 1 heterocycles. The van der Waals surface area contributed by atoms with Crippen molar-refractivity contribution >= 4 is 0 Å². The lowest BCUT2D eigenvalue weighted by Gasteiger charge is -2.24. The van der Waals surface area contributed by atoms with Gasteiger partial charge in [-0.05, 0) is 31.6 Å². The van der Waals surface area contributed by atoms with Crippen LogP contribution in [0.5, 0.6) is 0 Å². The van der Waals surface area contributed by atoms with Gasteiger partial charge in [0.2, 0.25) is 0 Å². The molecule has 0 aromatic heterocycles. The monoisotopic (exact) mass is 352 g/mol. The molecule has 2 heteroatoms. The highest BCUT2D eigenvalue weighted by Crippen LogP contribution is 2.31. The minimum Gasteiger partial charge on any atom is -0.353 e. The van der Waals surface area contributed by atoms with E-state index >= 15 is 0 Å². The second-order valence-corrected chi connectivity index (χ2v) is 8.50. The Balaban J connectivity index is 1.20. The Morgan fingerprint density at radius 2 is 1.20 bits per heavy atom. The molecule has 0 radical (unpaired) electrons. The lowest BCUT2D eigenvalue weighted by Crippen LogP contribution is -2.22. The average Bonchev–Trinajstić information content (AvgIpc) is 2.60. The minimum absolute atomic E-state index is 0.104. The van der Waals surface area contributed by atoms with Crippen molar-refractivity contribution in [3.05, 3.63) is 0 Å². The molecule has 2 nitrogen and oxygen atoms in total. The molecule has 0 amide bonds. The van der Waals surface area contributed by atoms with Crippen LogP contribution in [0.25, 0.3) is 0 Å². The van der Waals surface area contributed by atoms with Gasteiger partial charge in [-0.15, -0.1) is 0 Å². The quantitative estimate of drug-likeness (QED) is 0.269. The first kappa shape index (κ1) is 21.2. The Labute approximate surface area is 157 Å². The van der Waals surface area contributed by atoms with E-state index in [0.717, 1.165) is 25.6 Å². The summed E-state index contributed by atoms with van der Waals surface area (Å²) in [6, 6.07) is 0. The van der Waals surface area contributed by atoms with Gasteiger partial charge in [-0.1, -0.05) is 96.3 Å². The van der Waals surface area contributed by atoms with Crippen LogP contribution in [0, 0.1) is 5.92 Å². The molecule has 2 fully saturated rings. The van der Waals surface area contributed by atoms with Gasteiger partial charge in [-0.3, -0.25) is 0 Å². The summed E-state index contributed by atoms with van der Waals surface area (Å²) in [4.78, 5) is 0. The molecule has 25 heavy (non-hydrogen) atoms. The first-order valence-electron chi connectivity index (χ1n) is 11.7. The van der Waals surface area contributed by atoms with E-state index in [1.54, 1.807) is 0 Å². The van der Waals surface area contributed by atoms with Crippen LogP contribution in [0.15, 0.2) is 0 Å². The predicted octanol–water partition coefficient (Wildman–Crippen LogP) is 7.40. The fourth-order valence-corrected chi connectivity index (χ4v) is 4.14. The summed E-state index contributed by atoms with van der Waals surface area (Å²) < 4.78 is 11.4. The van der Waals surface area contributed by atoms with Crippen molar-refractivity contribution in [3.63, 3.8) is 0 Å². The van der Waals surface area contributed by atoms with E-state index in [4.69, 9.17) is 9.47 Å². The van der Waals surface area contributed by atoms with E-state index in [9.17, 15) is 0 Å². The van der Waals surface area contributed by atoms with Crippen molar-refractivity contribution in [3.8, 4) is 0 Å². The van der Waals surface area contributed by atoms with Crippen molar-refractivity contribution in [1.82, 2.24) is 0 Å². The van der Waals surface area contributed by atoms with E-state index in [-0.39, 0.29) is 6.29 Å². The molecule has 1 unspecified atom stereocenters. The zero-order valence-electron chi connectivity index (χ0n) is 16.8. The summed E-state index contributed by atoms with van der Waals surface area (Å²) in [7, 11) is 0. The third kappa shape index (κ3) is 11.3. The van der Waals surface area contributed by atoms with Crippen LogP contribution in [-0.4, -0.2) is 19.5 Å². The van der Waals surface area contributed by atoms with Crippen molar-refractivity contribution in [1.29, 1.82) is 0 Å². The second kappa shape index (κ2) is 15.0. The van der Waals surface area contributed by atoms with Gasteiger partial charge >= 0.3 is 0 Å². The topological polar surface area (TPSA) is 18.5 Å². The molecule has 0 spiro atoms. The highest BCUT2D eigenvalue weighted by atomic mass is 16.7. The number of hydrogen-bond donors (Lipinski definition) is 0. The fourth-order valence-electron chi connectivity index (χ4n) is 4.14. The third-order valence-electron chi connectivity index (χ3n) is 6.17. The van der Waals surface area contributed by atoms with Gasteiger partial charge in [0.1, 0.15) is 0 Å². The van der Waals surface area contributed by atoms with E-state index in [1.165, 1.54) is 116 Å². The summed E-state index contributed by atoms with van der Waals surface area (Å²) in [5.74, 6) is 1.12. The first-order valence-corrected chi connectivity index (χ1v) is 11.7. The molecule has 0 N–H and O–H groups in total. The van der Waals surface area contributed by atoms with Gasteiger partial charge in [-0.25, -0.2) is 0 Å². The van der Waals surface area contributed by atoms with Crippen LogP contribution in [-0.2, 0) is 9.47 Å². The maximum absolute atomic E-state index is 5.78. The zero-order chi connectivity index (χ0) is 17.4. The van der Waals surface area contributed by atoms with Crippen molar-refractivity contribution in [2.75, 3.05) is 13.2 Å². The smallest absolute Gasteiger partial charge is 0.157 e. The number of unbranched alkanes of at least 4 members (excludes halogenated alkanes) is 11. The summed E-state index contributed by atoms with van der Waals surface area (Å²) >= 11 is 0. The van der Waals surface area contributed by atoms with Gasteiger partial charge in [0.15, 0.2) is 6.29 Å². The normalized spacial score (nSPS) is 21.4. The summed E-state index contributed by atoms with van der Waals surface area (Å²) in [5, 5.41) is 0. The third-order valence-corrected chi connectivity index (χ3v) is 6.17. The highest BCUT2D eigenvalue weighted by molar-refractivity contribution is 4.69. The van der Waals surface area contributed by atoms with Crippen molar-refractivity contribution in [2.45, 2.75) is 128 Å². The van der Waals surface area contributed by atoms with Crippen molar-refractivity contribution < 1.29 is 9.47 Å². The Hall–Kier alpha value is -0.0800. The van der Waals surface area contributed by atoms with E-state index < -0.39 is 0 Å². The Morgan fingerprint density at radius 3 is 1.72 bits per heavy atom. The van der Waals surface area contributed by atoms with Gasteiger partial charge < -0.3 is 9.47 Å². The van der Waals surface area contributed by atoms with E-state index in [0.29, 0.717) is 0 Å². The molecule has 148 valence electrons. The maximum atomic E-state index is 5.78. The molecule has 0 aromatic rings. The molecule has 2 aliphatic rings. The molecule has 0 aromatic carbocycles. The minimum atomic E-state index is 0.104. The van der Waals surface area contributed by atoms with Crippen LogP contribution in [0.2, 0.25) is 0 Å². The zero-order valence-corrected chi connectivity index (χ0v) is 16.8. The highest BCUT2D eigenvalue weighted by Gasteiger charge is 2.16. The molecular formula is C23H44O2. The lowest BCUT2D eigenvalue weighted by atomic mass is 9.81. The fraction of sp³-hybridized carbons (Fsp3) is 1.00. The average molecular weight is 353 g/mol. The standard InChI is InChI=1S/C23H44O2/c1(3-5-7-9-11-16-22-17-15-18-22)2-4-6-8-10-13-20-24-23-19-12-14-21-25-23/h22-23H,1-21H2. The van der Waals surface area contributed by atoms with Gasteiger partial charge in [0.05, 0.1) is 0 Å². The number of hydrogen-bond acceptors (Lipinski definition) is 2. The second-order valence-electron chi connectivity index (χ2n) is 8.50. The molecular weight excluding hydrogens is 308 g/mol. The molecule has 2 rings (SSSR count). The largest absolute Gasteiger partial charge is 0.353 e. The Morgan fingerprint density at radius 1 is 0.600 bits per heavy atom. The van der Waals surface area contributed by atoms with Crippen molar-refractivity contribution in [2.24, 2.45) is 5.92 Å². The number of rotatable bonds is 16. The SMILES string of the molecule is C(CCCCCCCC1CCC1)CCCCCCOC1CCCCO1. The van der Waals surface area contributed by atoms with Crippen LogP contribution in [0.3, 0.4) is 0 Å². The lowest BCUT2D eigenvalue weighted by molar-refractivity contribution is -0.162. The van der Waals surface area contributed by atoms with Gasteiger partial charge in [0.25, 0.3) is 0 Å². The number of ether oxygens (including phenoxy) is 2. The molecule has 1 saturated heterocycles. The van der Waals surface area contributed by atoms with Gasteiger partial charge in [0, 0.05) is 13.2 Å². The van der Waals surface area contributed by atoms with E-state index in [1.807, 2.05) is 0 Å². The molecule has 1 atom stereocenters. The first-order chi connectivity index (χ1) is 12.4. The van der Waals surface area contributed by atoms with Crippen LogP contribution >= 0.6 is 0 Å². The van der Waals surface area contributed by atoms with Gasteiger partial charge in [-0.2, -0.15) is 0 Å². The molecule has 1 aliphatic carbocycles.